The van der Waals surface area contributed by atoms with Gasteiger partial charge in [-0.25, -0.2) is 0 Å². The molecule has 0 aliphatic heterocycles. The Morgan fingerprint density at radius 3 is 2.79 bits per heavy atom. The van der Waals surface area contributed by atoms with Gasteiger partial charge in [0.2, 0.25) is 5.56 Å². The van der Waals surface area contributed by atoms with Crippen molar-refractivity contribution >= 4 is 45.1 Å². The molecule has 72 valence electrons. The summed E-state index contributed by atoms with van der Waals surface area (Å²) in [6.07, 6.45) is 0. The van der Waals surface area contributed by atoms with E-state index in [-0.39, 0.29) is 5.56 Å². The second-order valence-corrected chi connectivity index (χ2v) is 4.78. The number of pyridine rings is 1. The van der Waals surface area contributed by atoms with Gasteiger partial charge in [0.1, 0.15) is 0 Å². The van der Waals surface area contributed by atoms with Gasteiger partial charge in [0.15, 0.2) is 0 Å². The Hall–Kier alpha value is -0.550. The Morgan fingerprint density at radius 1 is 1.36 bits per heavy atom. The summed E-state index contributed by atoms with van der Waals surface area (Å²) in [6.45, 7) is 1.96. The van der Waals surface area contributed by atoms with Gasteiger partial charge in [-0.15, -0.1) is 0 Å². The zero-order valence-corrected chi connectivity index (χ0v) is 10.3. The van der Waals surface area contributed by atoms with E-state index in [1.165, 1.54) is 6.07 Å². The van der Waals surface area contributed by atoms with Crippen LogP contribution in [0.2, 0.25) is 5.02 Å². The van der Waals surface area contributed by atoms with Crippen LogP contribution in [0, 0.1) is 10.5 Å². The molecule has 0 radical (unpaired) electrons. The lowest BCUT2D eigenvalue weighted by molar-refractivity contribution is 1.28. The maximum Gasteiger partial charge on any atom is 0.249 e. The number of aromatic nitrogens is 1. The molecule has 1 aromatic carbocycles. The molecule has 0 atom stereocenters. The zero-order chi connectivity index (χ0) is 10.3. The van der Waals surface area contributed by atoms with Gasteiger partial charge < -0.3 is 4.98 Å². The van der Waals surface area contributed by atoms with Gasteiger partial charge in [0.25, 0.3) is 0 Å². The molecule has 0 aliphatic rings. The molecule has 1 heterocycles. The molecule has 2 aromatic rings. The maximum absolute atomic E-state index is 11.2. The maximum atomic E-state index is 11.2. The molecule has 0 unspecified atom stereocenters. The van der Waals surface area contributed by atoms with Crippen molar-refractivity contribution in [1.29, 1.82) is 0 Å². The Balaban J connectivity index is 3.01. The van der Waals surface area contributed by atoms with Gasteiger partial charge in [-0.1, -0.05) is 11.6 Å². The quantitative estimate of drug-likeness (QED) is 0.744. The number of aryl methyl sites for hydroxylation is 1. The monoisotopic (exact) mass is 319 g/mol. The lowest BCUT2D eigenvalue weighted by atomic mass is 10.1. The fourth-order valence-corrected chi connectivity index (χ4v) is 2.48. The number of fused-ring (bicyclic) bond motifs is 1. The molecule has 0 spiro atoms. The fourth-order valence-electron chi connectivity index (χ4n) is 1.45. The summed E-state index contributed by atoms with van der Waals surface area (Å²) in [4.78, 5) is 14.0. The lowest BCUT2D eigenvalue weighted by Crippen LogP contribution is -2.04. The average Bonchev–Trinajstić information content (AvgIpc) is 2.07. The van der Waals surface area contributed by atoms with E-state index < -0.39 is 0 Å². The summed E-state index contributed by atoms with van der Waals surface area (Å²) in [5, 5.41) is 1.40. The minimum atomic E-state index is -0.160. The molecule has 2 rings (SSSR count). The van der Waals surface area contributed by atoms with Gasteiger partial charge >= 0.3 is 0 Å². The number of rotatable bonds is 0. The first kappa shape index (κ1) is 9.98. The Bertz CT molecular complexity index is 562. The lowest BCUT2D eigenvalue weighted by Gasteiger charge is -2.04. The Morgan fingerprint density at radius 2 is 2.07 bits per heavy atom. The third-order valence-corrected chi connectivity index (χ3v) is 3.00. The Labute approximate surface area is 99.4 Å². The summed E-state index contributed by atoms with van der Waals surface area (Å²) in [5.41, 5.74) is 1.70. The molecule has 14 heavy (non-hydrogen) atoms. The molecule has 0 bridgehead atoms. The predicted octanol–water partition coefficient (Wildman–Crippen LogP) is 3.09. The number of hydrogen-bond acceptors (Lipinski definition) is 1. The SMILES string of the molecule is Cc1cc(I)cc2c(Cl)cc(=O)[nH]c12. The van der Waals surface area contributed by atoms with Gasteiger partial charge in [0.05, 0.1) is 10.5 Å². The Kier molecular flexibility index (Phi) is 2.53. The van der Waals surface area contributed by atoms with Crippen LogP contribution < -0.4 is 5.56 Å². The summed E-state index contributed by atoms with van der Waals surface area (Å²) >= 11 is 8.21. The first-order valence-corrected chi connectivity index (χ1v) is 5.52. The van der Waals surface area contributed by atoms with Gasteiger partial charge in [-0.05, 0) is 47.2 Å². The first-order chi connectivity index (χ1) is 6.58. The van der Waals surface area contributed by atoms with Crippen LogP contribution in [0.1, 0.15) is 5.56 Å². The van der Waals surface area contributed by atoms with Gasteiger partial charge in [-0.3, -0.25) is 4.79 Å². The molecular weight excluding hydrogens is 312 g/mol. The van der Waals surface area contributed by atoms with E-state index in [4.69, 9.17) is 11.6 Å². The molecule has 1 N–H and O–H groups in total. The second-order valence-electron chi connectivity index (χ2n) is 3.13. The van der Waals surface area contributed by atoms with Crippen molar-refractivity contribution in [2.45, 2.75) is 6.92 Å². The van der Waals surface area contributed by atoms with Crippen molar-refractivity contribution in [3.05, 3.63) is 42.7 Å². The second kappa shape index (κ2) is 3.55. The van der Waals surface area contributed by atoms with Crippen LogP contribution in [0.5, 0.6) is 0 Å². The number of benzene rings is 1. The van der Waals surface area contributed by atoms with E-state index in [9.17, 15) is 4.79 Å². The van der Waals surface area contributed by atoms with Gasteiger partial charge in [-0.2, -0.15) is 0 Å². The predicted molar refractivity (Wildman–Crippen MR) is 67.0 cm³/mol. The molecule has 0 amide bonds. The van der Waals surface area contributed by atoms with Gasteiger partial charge in [0, 0.05) is 15.0 Å². The van der Waals surface area contributed by atoms with E-state index >= 15 is 0 Å². The molecule has 4 heteroatoms. The summed E-state index contributed by atoms with van der Waals surface area (Å²) in [5.74, 6) is 0. The molecule has 0 fully saturated rings. The molecule has 1 aromatic heterocycles. The van der Waals surface area contributed by atoms with Crippen LogP contribution in [0.15, 0.2) is 23.0 Å². The molecule has 0 saturated carbocycles. The number of hydrogen-bond donors (Lipinski definition) is 1. The largest absolute Gasteiger partial charge is 0.322 e. The van der Waals surface area contributed by atoms with E-state index in [1.54, 1.807) is 0 Å². The summed E-state index contributed by atoms with van der Waals surface area (Å²) < 4.78 is 1.11. The van der Waals surface area contributed by atoms with E-state index in [0.717, 1.165) is 20.0 Å². The smallest absolute Gasteiger partial charge is 0.249 e. The van der Waals surface area contributed by atoms with Crippen LogP contribution in [0.4, 0.5) is 0 Å². The van der Waals surface area contributed by atoms with E-state index in [0.29, 0.717) is 5.02 Å². The van der Waals surface area contributed by atoms with Crippen LogP contribution >= 0.6 is 34.2 Å². The van der Waals surface area contributed by atoms with Crippen LogP contribution in [-0.4, -0.2) is 4.98 Å². The van der Waals surface area contributed by atoms with Crippen LogP contribution in [0.3, 0.4) is 0 Å². The number of nitrogens with one attached hydrogen (secondary N) is 1. The minimum absolute atomic E-state index is 0.160. The highest BCUT2D eigenvalue weighted by atomic mass is 127. The number of aromatic amines is 1. The van der Waals surface area contributed by atoms with Crippen molar-refractivity contribution in [2.75, 3.05) is 0 Å². The van der Waals surface area contributed by atoms with Crippen molar-refractivity contribution in [3.63, 3.8) is 0 Å². The van der Waals surface area contributed by atoms with Crippen molar-refractivity contribution in [2.24, 2.45) is 0 Å². The third-order valence-electron chi connectivity index (χ3n) is 2.06. The van der Waals surface area contributed by atoms with E-state index in [2.05, 4.69) is 27.6 Å². The standard InChI is InChI=1S/C10H7ClINO/c1-5-2-6(12)3-7-8(11)4-9(14)13-10(5)7/h2-4H,1H3,(H,13,14). The highest BCUT2D eigenvalue weighted by molar-refractivity contribution is 14.1. The van der Waals surface area contributed by atoms with Crippen LogP contribution in [0.25, 0.3) is 10.9 Å². The molecule has 0 saturated heterocycles. The minimum Gasteiger partial charge on any atom is -0.322 e. The van der Waals surface area contributed by atoms with Crippen molar-refractivity contribution < 1.29 is 0 Å². The highest BCUT2D eigenvalue weighted by Gasteiger charge is 2.04. The zero-order valence-electron chi connectivity index (χ0n) is 7.40. The van der Waals surface area contributed by atoms with Crippen LogP contribution in [-0.2, 0) is 0 Å². The first-order valence-electron chi connectivity index (χ1n) is 4.06. The summed E-state index contributed by atoms with van der Waals surface area (Å²) in [6, 6.07) is 5.37. The number of halogens is 2. The normalized spacial score (nSPS) is 10.8. The molecule has 2 nitrogen and oxygen atoms in total. The molecule has 0 aliphatic carbocycles. The summed E-state index contributed by atoms with van der Waals surface area (Å²) in [7, 11) is 0. The fraction of sp³-hybridized carbons (Fsp3) is 0.100. The average molecular weight is 320 g/mol. The molecular formula is C10H7ClINO. The highest BCUT2D eigenvalue weighted by Crippen LogP contribution is 2.24. The van der Waals surface area contributed by atoms with Crippen molar-refractivity contribution in [3.8, 4) is 0 Å². The van der Waals surface area contributed by atoms with Crippen molar-refractivity contribution in [1.82, 2.24) is 4.98 Å². The topological polar surface area (TPSA) is 32.9 Å². The third kappa shape index (κ3) is 1.66. The number of H-pyrrole nitrogens is 1. The van der Waals surface area contributed by atoms with E-state index in [1.807, 2.05) is 19.1 Å².